The van der Waals surface area contributed by atoms with Gasteiger partial charge in [0.05, 0.1) is 0 Å². The topological polar surface area (TPSA) is 0 Å². The van der Waals surface area contributed by atoms with Crippen LogP contribution in [0.15, 0.2) is 60.7 Å². The molecule has 0 aliphatic heterocycles. The zero-order valence-electron chi connectivity index (χ0n) is 10.4. The molecule has 0 saturated heterocycles. The Balaban J connectivity index is 2.18. The summed E-state index contributed by atoms with van der Waals surface area (Å²) in [6, 6.07) is 21.6. The summed E-state index contributed by atoms with van der Waals surface area (Å²) in [7, 11) is 5.95. The van der Waals surface area contributed by atoms with Crippen molar-refractivity contribution >= 4 is 28.9 Å². The van der Waals surface area contributed by atoms with Crippen LogP contribution in [0.4, 0.5) is 0 Å². The van der Waals surface area contributed by atoms with Crippen LogP contribution in [0, 0.1) is 0 Å². The number of hydrogen-bond donors (Lipinski definition) is 0. The molecule has 2 radical (unpaired) electrons. The standard InChI is InChI=1S/C16H17.ClH.Sn/c1-2-9-16(14-10-5-3-6-11-14)15-12-7-4-8-13-15;;/h3-8,10-13,16H,1-2,9H2;1H;/q;;+1/p-1. The van der Waals surface area contributed by atoms with Crippen LogP contribution in [-0.4, -0.2) is 20.0 Å². The molecule has 2 rings (SSSR count). The van der Waals surface area contributed by atoms with Gasteiger partial charge in [-0.2, -0.15) is 0 Å². The van der Waals surface area contributed by atoms with E-state index in [2.05, 4.69) is 60.7 Å². The summed E-state index contributed by atoms with van der Waals surface area (Å²) in [5.41, 5.74) is 2.84. The van der Waals surface area contributed by atoms with Crippen LogP contribution in [0.3, 0.4) is 0 Å². The maximum absolute atomic E-state index is 5.95. The third kappa shape index (κ3) is 4.03. The molecule has 0 unspecified atom stereocenters. The third-order valence-corrected chi connectivity index (χ3v) is 5.98. The Morgan fingerprint density at radius 2 is 1.33 bits per heavy atom. The first-order valence-electron chi connectivity index (χ1n) is 6.35. The van der Waals surface area contributed by atoms with Gasteiger partial charge in [0, 0.05) is 0 Å². The van der Waals surface area contributed by atoms with Crippen molar-refractivity contribution in [2.45, 2.75) is 23.2 Å². The van der Waals surface area contributed by atoms with Gasteiger partial charge in [-0.25, -0.2) is 0 Å². The molecular weight excluding hydrogens is 346 g/mol. The van der Waals surface area contributed by atoms with E-state index in [1.165, 1.54) is 28.4 Å². The van der Waals surface area contributed by atoms with E-state index in [1.54, 1.807) is 0 Å². The average molecular weight is 363 g/mol. The fraction of sp³-hybridized carbons (Fsp3) is 0.250. The van der Waals surface area contributed by atoms with Crippen molar-refractivity contribution in [3.8, 4) is 0 Å². The van der Waals surface area contributed by atoms with Crippen LogP contribution in [0.1, 0.15) is 29.9 Å². The first-order valence-corrected chi connectivity index (χ1v) is 12.0. The molecule has 0 aromatic heterocycles. The molecule has 18 heavy (non-hydrogen) atoms. The second kappa shape index (κ2) is 7.85. The van der Waals surface area contributed by atoms with Crippen LogP contribution in [0.25, 0.3) is 0 Å². The van der Waals surface area contributed by atoms with Gasteiger partial charge in [0.1, 0.15) is 0 Å². The molecule has 0 saturated carbocycles. The van der Waals surface area contributed by atoms with Crippen molar-refractivity contribution in [1.29, 1.82) is 0 Å². The fourth-order valence-electron chi connectivity index (χ4n) is 2.27. The van der Waals surface area contributed by atoms with E-state index < -0.39 is 20.0 Å². The molecule has 0 aliphatic carbocycles. The Hall–Kier alpha value is -0.471. The van der Waals surface area contributed by atoms with Gasteiger partial charge in [-0.05, 0) is 0 Å². The van der Waals surface area contributed by atoms with Gasteiger partial charge < -0.3 is 0 Å². The number of halogens is 1. The van der Waals surface area contributed by atoms with Gasteiger partial charge in [-0.15, -0.1) is 0 Å². The second-order valence-electron chi connectivity index (χ2n) is 4.40. The number of rotatable bonds is 6. The normalized spacial score (nSPS) is 10.8. The molecule has 0 nitrogen and oxygen atoms in total. The first-order chi connectivity index (χ1) is 8.92. The zero-order chi connectivity index (χ0) is 12.6. The Morgan fingerprint density at radius 3 is 1.78 bits per heavy atom. The van der Waals surface area contributed by atoms with E-state index in [9.17, 15) is 0 Å². The Kier molecular flexibility index (Phi) is 6.09. The van der Waals surface area contributed by atoms with Crippen LogP contribution >= 0.6 is 8.92 Å². The average Bonchev–Trinajstić information content (AvgIpc) is 2.46. The zero-order valence-corrected chi connectivity index (χ0v) is 14.0. The molecular formula is C16H17ClSn. The van der Waals surface area contributed by atoms with Gasteiger partial charge in [-0.1, -0.05) is 0 Å². The van der Waals surface area contributed by atoms with Gasteiger partial charge in [-0.3, -0.25) is 0 Å². The van der Waals surface area contributed by atoms with Crippen molar-refractivity contribution in [3.05, 3.63) is 71.8 Å². The summed E-state index contributed by atoms with van der Waals surface area (Å²) in [6.07, 6.45) is 2.46. The minimum absolute atomic E-state index is 0.523. The van der Waals surface area contributed by atoms with Crippen LogP contribution in [0.2, 0.25) is 4.44 Å². The fourth-order valence-corrected chi connectivity index (χ4v) is 4.13. The summed E-state index contributed by atoms with van der Waals surface area (Å²) in [6.45, 7) is 0. The summed E-state index contributed by atoms with van der Waals surface area (Å²) < 4.78 is 1.26. The molecule has 0 fully saturated rings. The monoisotopic (exact) mass is 364 g/mol. The Morgan fingerprint density at radius 1 is 0.833 bits per heavy atom. The quantitative estimate of drug-likeness (QED) is 0.507. The summed E-state index contributed by atoms with van der Waals surface area (Å²) in [4.78, 5) is 0. The predicted molar refractivity (Wildman–Crippen MR) is 80.4 cm³/mol. The molecule has 0 N–H and O–H groups in total. The molecule has 0 amide bonds. The third-order valence-electron chi connectivity index (χ3n) is 3.17. The van der Waals surface area contributed by atoms with E-state index in [-0.39, 0.29) is 0 Å². The molecule has 0 spiro atoms. The molecule has 2 heteroatoms. The van der Waals surface area contributed by atoms with Crippen LogP contribution < -0.4 is 0 Å². The van der Waals surface area contributed by atoms with Crippen LogP contribution in [-0.2, 0) is 0 Å². The Bertz CT molecular complexity index is 402. The van der Waals surface area contributed by atoms with E-state index in [4.69, 9.17) is 8.92 Å². The molecule has 2 aromatic rings. The molecule has 2 aromatic carbocycles. The molecule has 0 atom stereocenters. The van der Waals surface area contributed by atoms with Crippen LogP contribution in [0.5, 0.6) is 0 Å². The Labute approximate surface area is 123 Å². The van der Waals surface area contributed by atoms with Gasteiger partial charge in [0.2, 0.25) is 0 Å². The van der Waals surface area contributed by atoms with Crippen molar-refractivity contribution in [2.24, 2.45) is 0 Å². The maximum atomic E-state index is 5.95. The van der Waals surface area contributed by atoms with Gasteiger partial charge in [0.15, 0.2) is 0 Å². The molecule has 0 bridgehead atoms. The SMILES string of the molecule is [Cl][Sn][CH2]CCC(c1ccccc1)c1ccccc1. The molecule has 0 aliphatic rings. The second-order valence-corrected chi connectivity index (χ2v) is 8.38. The summed E-state index contributed by atoms with van der Waals surface area (Å²) >= 11 is -0.558. The van der Waals surface area contributed by atoms with Crippen molar-refractivity contribution < 1.29 is 0 Å². The predicted octanol–water partition coefficient (Wildman–Crippen LogP) is 4.88. The minimum atomic E-state index is -0.558. The van der Waals surface area contributed by atoms with E-state index in [0.717, 1.165) is 0 Å². The van der Waals surface area contributed by atoms with Crippen molar-refractivity contribution in [1.82, 2.24) is 0 Å². The van der Waals surface area contributed by atoms with E-state index in [0.29, 0.717) is 5.92 Å². The van der Waals surface area contributed by atoms with E-state index >= 15 is 0 Å². The van der Waals surface area contributed by atoms with Crippen molar-refractivity contribution in [3.63, 3.8) is 0 Å². The molecule has 0 heterocycles. The number of hydrogen-bond acceptors (Lipinski definition) is 0. The summed E-state index contributed by atoms with van der Waals surface area (Å²) in [5.74, 6) is 0.523. The van der Waals surface area contributed by atoms with Gasteiger partial charge >= 0.3 is 124 Å². The molecule has 92 valence electrons. The number of benzene rings is 2. The summed E-state index contributed by atoms with van der Waals surface area (Å²) in [5, 5.41) is 0. The van der Waals surface area contributed by atoms with E-state index in [1.807, 2.05) is 0 Å². The van der Waals surface area contributed by atoms with Gasteiger partial charge in [0.25, 0.3) is 0 Å². The first kappa shape index (κ1) is 13.9. The van der Waals surface area contributed by atoms with Crippen molar-refractivity contribution in [2.75, 3.05) is 0 Å².